The zero-order chi connectivity index (χ0) is 14.5. The Hall–Kier alpha value is -3.20. The molecular formula is C15H12N6. The van der Waals surface area contributed by atoms with Crippen LogP contribution in [0.2, 0.25) is 0 Å². The molecule has 0 atom stereocenters. The van der Waals surface area contributed by atoms with Gasteiger partial charge in [-0.25, -0.2) is 4.68 Å². The summed E-state index contributed by atoms with van der Waals surface area (Å²) in [7, 11) is 0. The molecule has 0 aliphatic rings. The second-order valence-corrected chi connectivity index (χ2v) is 4.46. The molecule has 0 spiro atoms. The highest BCUT2D eigenvalue weighted by molar-refractivity contribution is 5.54. The second-order valence-electron chi connectivity index (χ2n) is 4.46. The number of hydrogen-bond acceptors (Lipinski definition) is 5. The van der Waals surface area contributed by atoms with Crippen LogP contribution in [0.4, 0.5) is 11.6 Å². The van der Waals surface area contributed by atoms with Crippen molar-refractivity contribution in [2.75, 3.05) is 5.32 Å². The number of nitriles is 1. The molecule has 6 nitrogen and oxygen atoms in total. The molecule has 0 aliphatic carbocycles. The van der Waals surface area contributed by atoms with Crippen LogP contribution in [0.15, 0.2) is 54.6 Å². The van der Waals surface area contributed by atoms with Gasteiger partial charge in [0, 0.05) is 5.69 Å². The van der Waals surface area contributed by atoms with Gasteiger partial charge in [0.1, 0.15) is 0 Å². The van der Waals surface area contributed by atoms with Gasteiger partial charge in [0.05, 0.1) is 18.2 Å². The van der Waals surface area contributed by atoms with E-state index in [0.717, 1.165) is 11.3 Å². The quantitative estimate of drug-likeness (QED) is 0.791. The number of tetrazole rings is 1. The van der Waals surface area contributed by atoms with Crippen LogP contribution in [0.3, 0.4) is 0 Å². The van der Waals surface area contributed by atoms with Gasteiger partial charge < -0.3 is 5.32 Å². The number of rotatable bonds is 4. The van der Waals surface area contributed by atoms with E-state index in [2.05, 4.69) is 26.9 Å². The summed E-state index contributed by atoms with van der Waals surface area (Å²) in [5.74, 6) is 0.559. The molecule has 0 saturated carbocycles. The third-order valence-corrected chi connectivity index (χ3v) is 2.98. The minimum Gasteiger partial charge on any atom is -0.323 e. The van der Waals surface area contributed by atoms with Gasteiger partial charge in [-0.3, -0.25) is 0 Å². The molecular weight excluding hydrogens is 264 g/mol. The van der Waals surface area contributed by atoms with Crippen molar-refractivity contribution in [2.45, 2.75) is 6.54 Å². The van der Waals surface area contributed by atoms with Crippen LogP contribution >= 0.6 is 0 Å². The Balaban J connectivity index is 1.77. The lowest BCUT2D eigenvalue weighted by Crippen LogP contribution is -2.06. The smallest absolute Gasteiger partial charge is 0.247 e. The van der Waals surface area contributed by atoms with Crippen LogP contribution in [0, 0.1) is 11.3 Å². The summed E-state index contributed by atoms with van der Waals surface area (Å²) < 4.78 is 1.69. The molecule has 3 rings (SSSR count). The summed E-state index contributed by atoms with van der Waals surface area (Å²) in [6.45, 7) is 0.590. The Kier molecular flexibility index (Phi) is 3.56. The van der Waals surface area contributed by atoms with Gasteiger partial charge >= 0.3 is 0 Å². The van der Waals surface area contributed by atoms with Gasteiger partial charge in [0.25, 0.3) is 0 Å². The van der Waals surface area contributed by atoms with Crippen molar-refractivity contribution in [3.8, 4) is 6.07 Å². The van der Waals surface area contributed by atoms with Crippen LogP contribution in [-0.4, -0.2) is 20.2 Å². The Morgan fingerprint density at radius 2 is 1.81 bits per heavy atom. The third kappa shape index (κ3) is 3.04. The Labute approximate surface area is 121 Å². The van der Waals surface area contributed by atoms with Crippen molar-refractivity contribution in [2.24, 2.45) is 0 Å². The van der Waals surface area contributed by atoms with E-state index in [-0.39, 0.29) is 0 Å². The average Bonchev–Trinajstić information content (AvgIpc) is 2.96. The number of hydrogen-bond donors (Lipinski definition) is 1. The van der Waals surface area contributed by atoms with E-state index in [4.69, 9.17) is 5.26 Å². The molecule has 0 bridgehead atoms. The molecule has 6 heteroatoms. The normalized spacial score (nSPS) is 10.0. The minimum atomic E-state index is 0.559. The molecule has 0 aliphatic heterocycles. The molecule has 0 amide bonds. The van der Waals surface area contributed by atoms with Gasteiger partial charge in [0.2, 0.25) is 5.95 Å². The largest absolute Gasteiger partial charge is 0.323 e. The summed E-state index contributed by atoms with van der Waals surface area (Å²) in [5, 5.41) is 23.6. The fraction of sp³-hybridized carbons (Fsp3) is 0.0667. The van der Waals surface area contributed by atoms with Gasteiger partial charge in [-0.1, -0.05) is 35.4 Å². The lowest BCUT2D eigenvalue weighted by molar-refractivity contribution is 0.654. The van der Waals surface area contributed by atoms with Crippen molar-refractivity contribution in [3.63, 3.8) is 0 Å². The number of nitrogens with one attached hydrogen (secondary N) is 1. The predicted octanol–water partition coefficient (Wildman–Crippen LogP) is 2.34. The first-order valence-corrected chi connectivity index (χ1v) is 6.42. The van der Waals surface area contributed by atoms with Crippen molar-refractivity contribution < 1.29 is 0 Å². The van der Waals surface area contributed by atoms with E-state index in [1.165, 1.54) is 0 Å². The van der Waals surface area contributed by atoms with Crippen LogP contribution in [0.25, 0.3) is 0 Å². The van der Waals surface area contributed by atoms with Crippen LogP contribution in [0.1, 0.15) is 11.1 Å². The van der Waals surface area contributed by atoms with Crippen LogP contribution in [0.5, 0.6) is 0 Å². The van der Waals surface area contributed by atoms with E-state index in [0.29, 0.717) is 18.1 Å². The highest BCUT2D eigenvalue weighted by Crippen LogP contribution is 2.15. The minimum absolute atomic E-state index is 0.559. The number of nitrogens with zero attached hydrogens (tertiary/aromatic N) is 5. The van der Waals surface area contributed by atoms with Gasteiger partial charge in [-0.15, -0.1) is 0 Å². The molecule has 21 heavy (non-hydrogen) atoms. The van der Waals surface area contributed by atoms with Crippen molar-refractivity contribution in [1.82, 2.24) is 20.2 Å². The van der Waals surface area contributed by atoms with Crippen LogP contribution in [-0.2, 0) is 6.54 Å². The molecule has 3 aromatic rings. The lowest BCUT2D eigenvalue weighted by atomic mass is 10.2. The summed E-state index contributed by atoms with van der Waals surface area (Å²) in [6, 6.07) is 19.2. The molecule has 0 fully saturated rings. The van der Waals surface area contributed by atoms with E-state index >= 15 is 0 Å². The molecule has 2 aromatic carbocycles. The SMILES string of the molecule is N#Cc1ccc(Nc2nnnn2Cc2ccccc2)cc1. The maximum absolute atomic E-state index is 8.79. The first kappa shape index (κ1) is 12.8. The number of aromatic nitrogens is 4. The molecule has 0 radical (unpaired) electrons. The van der Waals surface area contributed by atoms with Crippen molar-refractivity contribution in [3.05, 3.63) is 65.7 Å². The Morgan fingerprint density at radius 1 is 1.05 bits per heavy atom. The zero-order valence-corrected chi connectivity index (χ0v) is 11.1. The first-order valence-electron chi connectivity index (χ1n) is 6.42. The number of benzene rings is 2. The van der Waals surface area contributed by atoms with E-state index in [9.17, 15) is 0 Å². The maximum atomic E-state index is 8.79. The molecule has 0 saturated heterocycles. The predicted molar refractivity (Wildman–Crippen MR) is 77.8 cm³/mol. The Bertz CT molecular complexity index is 755. The summed E-state index contributed by atoms with van der Waals surface area (Å²) >= 11 is 0. The average molecular weight is 276 g/mol. The van der Waals surface area contributed by atoms with Crippen molar-refractivity contribution >= 4 is 11.6 Å². The van der Waals surface area contributed by atoms with Crippen LogP contribution < -0.4 is 5.32 Å². The van der Waals surface area contributed by atoms with Gasteiger partial charge in [-0.2, -0.15) is 5.26 Å². The Morgan fingerprint density at radius 3 is 2.52 bits per heavy atom. The fourth-order valence-corrected chi connectivity index (χ4v) is 1.91. The second kappa shape index (κ2) is 5.84. The van der Waals surface area contributed by atoms with Gasteiger partial charge in [-0.05, 0) is 40.3 Å². The van der Waals surface area contributed by atoms with Crippen molar-refractivity contribution in [1.29, 1.82) is 5.26 Å². The monoisotopic (exact) mass is 276 g/mol. The standard InChI is InChI=1S/C15H12N6/c16-10-12-6-8-14(9-7-12)17-15-18-19-20-21(15)11-13-4-2-1-3-5-13/h1-9H,11H2,(H,17,18,20). The van der Waals surface area contributed by atoms with E-state index in [1.54, 1.807) is 16.8 Å². The van der Waals surface area contributed by atoms with E-state index < -0.39 is 0 Å². The number of anilines is 2. The summed E-state index contributed by atoms with van der Waals surface area (Å²) in [4.78, 5) is 0. The third-order valence-electron chi connectivity index (χ3n) is 2.98. The molecule has 102 valence electrons. The molecule has 1 heterocycles. The fourth-order valence-electron chi connectivity index (χ4n) is 1.91. The zero-order valence-electron chi connectivity index (χ0n) is 11.1. The first-order chi connectivity index (χ1) is 10.3. The molecule has 1 N–H and O–H groups in total. The summed E-state index contributed by atoms with van der Waals surface area (Å²) in [5.41, 5.74) is 2.57. The molecule has 1 aromatic heterocycles. The highest BCUT2D eigenvalue weighted by Gasteiger charge is 2.06. The highest BCUT2D eigenvalue weighted by atomic mass is 15.6. The molecule has 0 unspecified atom stereocenters. The maximum Gasteiger partial charge on any atom is 0.247 e. The topological polar surface area (TPSA) is 79.4 Å². The van der Waals surface area contributed by atoms with E-state index in [1.807, 2.05) is 42.5 Å². The summed E-state index contributed by atoms with van der Waals surface area (Å²) in [6.07, 6.45) is 0. The lowest BCUT2D eigenvalue weighted by Gasteiger charge is -2.07. The van der Waals surface area contributed by atoms with Gasteiger partial charge in [0.15, 0.2) is 0 Å².